The average molecular weight is 286 g/mol. The number of carbonyl (C=O) groups is 1. The zero-order valence-corrected chi connectivity index (χ0v) is 11.3. The molecule has 1 aliphatic heterocycles. The summed E-state index contributed by atoms with van der Waals surface area (Å²) in [6, 6.07) is 4.97. The molecule has 0 spiro atoms. The summed E-state index contributed by atoms with van der Waals surface area (Å²) in [5, 5.41) is 2.43. The van der Waals surface area contributed by atoms with Gasteiger partial charge in [-0.3, -0.25) is 0 Å². The predicted octanol–water partition coefficient (Wildman–Crippen LogP) is 1.48. The summed E-state index contributed by atoms with van der Waals surface area (Å²) in [7, 11) is -1.54. The monoisotopic (exact) mass is 286 g/mol. The fourth-order valence-corrected chi connectivity index (χ4v) is 3.79. The van der Waals surface area contributed by atoms with Crippen LogP contribution in [0.15, 0.2) is 24.3 Å². The number of amides is 2. The fraction of sp³-hybridized carbons (Fsp3) is 0.417. The van der Waals surface area contributed by atoms with Crippen molar-refractivity contribution in [2.24, 2.45) is 0 Å². The number of carbonyl (C=O) groups excluding carboxylic acids is 1. The third kappa shape index (κ3) is 3.23. The maximum atomic E-state index is 13.4. The topological polar surface area (TPSA) is 66.5 Å². The van der Waals surface area contributed by atoms with Crippen LogP contribution in [0.5, 0.6) is 0 Å². The molecule has 1 unspecified atom stereocenters. The van der Waals surface area contributed by atoms with Gasteiger partial charge in [-0.05, 0) is 18.6 Å². The molecular weight excluding hydrogens is 271 g/mol. The Kier molecular flexibility index (Phi) is 3.75. The second kappa shape index (κ2) is 5.16. The molecule has 104 valence electrons. The molecule has 1 atom stereocenters. The van der Waals surface area contributed by atoms with Crippen molar-refractivity contribution in [3.05, 3.63) is 30.1 Å². The van der Waals surface area contributed by atoms with Gasteiger partial charge < -0.3 is 10.2 Å². The minimum Gasteiger partial charge on any atom is -0.324 e. The first-order valence-corrected chi connectivity index (χ1v) is 7.70. The molecule has 1 saturated heterocycles. The molecule has 19 heavy (non-hydrogen) atoms. The first-order valence-electron chi connectivity index (χ1n) is 5.88. The van der Waals surface area contributed by atoms with E-state index in [9.17, 15) is 17.6 Å². The van der Waals surface area contributed by atoms with Gasteiger partial charge in [0.25, 0.3) is 0 Å². The number of para-hydroxylation sites is 1. The molecule has 1 aromatic rings. The van der Waals surface area contributed by atoms with E-state index in [0.29, 0.717) is 6.42 Å². The summed E-state index contributed by atoms with van der Waals surface area (Å²) in [6.07, 6.45) is 0.420. The highest BCUT2D eigenvalue weighted by Crippen LogP contribution is 2.18. The van der Waals surface area contributed by atoms with Gasteiger partial charge in [0.05, 0.1) is 17.2 Å². The van der Waals surface area contributed by atoms with E-state index in [1.54, 1.807) is 6.07 Å². The zero-order chi connectivity index (χ0) is 14.0. The number of hydrogen-bond donors (Lipinski definition) is 1. The number of nitrogens with zero attached hydrogens (tertiary/aromatic N) is 1. The van der Waals surface area contributed by atoms with Crippen LogP contribution in [0.4, 0.5) is 14.9 Å². The smallest absolute Gasteiger partial charge is 0.321 e. The number of nitrogens with one attached hydrogen (secondary N) is 1. The lowest BCUT2D eigenvalue weighted by Crippen LogP contribution is -2.40. The molecule has 1 aromatic carbocycles. The standard InChI is InChI=1S/C12H15FN2O3S/c1-15(9-6-7-19(17,18)8-9)12(16)14-11-5-3-2-4-10(11)13/h2-5,9H,6-8H2,1H3,(H,14,16). The third-order valence-corrected chi connectivity index (χ3v) is 4.94. The van der Waals surface area contributed by atoms with Crippen LogP contribution in [0, 0.1) is 5.82 Å². The Morgan fingerprint density at radius 3 is 2.68 bits per heavy atom. The van der Waals surface area contributed by atoms with Crippen molar-refractivity contribution in [3.63, 3.8) is 0 Å². The van der Waals surface area contributed by atoms with Crippen molar-refractivity contribution in [3.8, 4) is 0 Å². The lowest BCUT2D eigenvalue weighted by atomic mass is 10.2. The van der Waals surface area contributed by atoms with Crippen molar-refractivity contribution in [1.29, 1.82) is 0 Å². The Labute approximate surface area is 111 Å². The van der Waals surface area contributed by atoms with Crippen LogP contribution in [0.25, 0.3) is 0 Å². The Bertz CT molecular complexity index is 588. The molecule has 0 saturated carbocycles. The van der Waals surface area contributed by atoms with Crippen molar-refractivity contribution < 1.29 is 17.6 Å². The maximum absolute atomic E-state index is 13.4. The predicted molar refractivity (Wildman–Crippen MR) is 70.2 cm³/mol. The lowest BCUT2D eigenvalue weighted by Gasteiger charge is -2.23. The Hall–Kier alpha value is -1.63. The second-order valence-electron chi connectivity index (χ2n) is 4.58. The number of halogens is 1. The highest BCUT2D eigenvalue weighted by molar-refractivity contribution is 7.91. The molecule has 0 aromatic heterocycles. The van der Waals surface area contributed by atoms with Gasteiger partial charge in [-0.25, -0.2) is 17.6 Å². The van der Waals surface area contributed by atoms with Crippen LogP contribution < -0.4 is 5.32 Å². The molecule has 2 amide bonds. The van der Waals surface area contributed by atoms with Gasteiger partial charge in [0, 0.05) is 13.1 Å². The molecule has 2 rings (SSSR count). The third-order valence-electron chi connectivity index (χ3n) is 3.19. The van der Waals surface area contributed by atoms with Crippen LogP contribution in [-0.4, -0.2) is 43.9 Å². The van der Waals surface area contributed by atoms with Crippen LogP contribution >= 0.6 is 0 Å². The van der Waals surface area contributed by atoms with E-state index in [0.717, 1.165) is 0 Å². The molecule has 1 fully saturated rings. The summed E-state index contributed by atoms with van der Waals surface area (Å²) in [6.45, 7) is 0. The second-order valence-corrected chi connectivity index (χ2v) is 6.81. The van der Waals surface area contributed by atoms with E-state index in [-0.39, 0.29) is 23.2 Å². The highest BCUT2D eigenvalue weighted by Gasteiger charge is 2.32. The largest absolute Gasteiger partial charge is 0.324 e. The normalized spacial score (nSPS) is 21.1. The molecule has 1 heterocycles. The van der Waals surface area contributed by atoms with Crippen molar-refractivity contribution in [2.75, 3.05) is 23.9 Å². The first kappa shape index (κ1) is 13.8. The number of urea groups is 1. The van der Waals surface area contributed by atoms with E-state index in [4.69, 9.17) is 0 Å². The van der Waals surface area contributed by atoms with E-state index in [2.05, 4.69) is 5.32 Å². The summed E-state index contributed by atoms with van der Waals surface area (Å²) < 4.78 is 36.1. The van der Waals surface area contributed by atoms with Gasteiger partial charge in [-0.1, -0.05) is 12.1 Å². The van der Waals surface area contributed by atoms with Crippen LogP contribution in [0.1, 0.15) is 6.42 Å². The number of rotatable bonds is 2. The van der Waals surface area contributed by atoms with Crippen LogP contribution in [0.3, 0.4) is 0 Å². The van der Waals surface area contributed by atoms with E-state index in [1.807, 2.05) is 0 Å². The van der Waals surface area contributed by atoms with E-state index < -0.39 is 21.7 Å². The Balaban J connectivity index is 2.03. The quantitative estimate of drug-likeness (QED) is 0.895. The summed E-state index contributed by atoms with van der Waals surface area (Å²) in [4.78, 5) is 13.2. The molecular formula is C12H15FN2O3S. The summed E-state index contributed by atoms with van der Waals surface area (Å²) in [5.41, 5.74) is 0.0835. The van der Waals surface area contributed by atoms with Gasteiger partial charge in [-0.2, -0.15) is 0 Å². The van der Waals surface area contributed by atoms with Gasteiger partial charge in [0.1, 0.15) is 5.82 Å². The zero-order valence-electron chi connectivity index (χ0n) is 10.5. The van der Waals surface area contributed by atoms with Gasteiger partial charge in [-0.15, -0.1) is 0 Å². The fourth-order valence-electron chi connectivity index (χ4n) is 2.01. The van der Waals surface area contributed by atoms with Gasteiger partial charge in [0.15, 0.2) is 9.84 Å². The van der Waals surface area contributed by atoms with Crippen LogP contribution in [-0.2, 0) is 9.84 Å². The van der Waals surface area contributed by atoms with Gasteiger partial charge >= 0.3 is 6.03 Å². The van der Waals surface area contributed by atoms with Crippen molar-refractivity contribution in [2.45, 2.75) is 12.5 Å². The molecule has 1 N–H and O–H groups in total. The maximum Gasteiger partial charge on any atom is 0.321 e. The average Bonchev–Trinajstić information content (AvgIpc) is 2.71. The van der Waals surface area contributed by atoms with Crippen LogP contribution in [0.2, 0.25) is 0 Å². The lowest BCUT2D eigenvalue weighted by molar-refractivity contribution is 0.209. The summed E-state index contributed by atoms with van der Waals surface area (Å²) >= 11 is 0. The molecule has 0 radical (unpaired) electrons. The number of hydrogen-bond acceptors (Lipinski definition) is 3. The van der Waals surface area contributed by atoms with E-state index >= 15 is 0 Å². The van der Waals surface area contributed by atoms with Crippen molar-refractivity contribution in [1.82, 2.24) is 4.90 Å². The number of benzene rings is 1. The molecule has 0 aliphatic carbocycles. The highest BCUT2D eigenvalue weighted by atomic mass is 32.2. The minimum atomic E-state index is -3.05. The molecule has 7 heteroatoms. The summed E-state index contributed by atoms with van der Waals surface area (Å²) in [5.74, 6) is -0.466. The molecule has 0 bridgehead atoms. The molecule has 1 aliphatic rings. The number of sulfone groups is 1. The minimum absolute atomic E-state index is 0.0335. The Morgan fingerprint density at radius 2 is 2.11 bits per heavy atom. The molecule has 5 nitrogen and oxygen atoms in total. The SMILES string of the molecule is CN(C(=O)Nc1ccccc1F)C1CCS(=O)(=O)C1. The van der Waals surface area contributed by atoms with Gasteiger partial charge in [0.2, 0.25) is 0 Å². The van der Waals surface area contributed by atoms with Crippen molar-refractivity contribution >= 4 is 21.6 Å². The Morgan fingerprint density at radius 1 is 1.42 bits per heavy atom. The number of anilines is 1. The first-order chi connectivity index (χ1) is 8.89. The van der Waals surface area contributed by atoms with E-state index in [1.165, 1.54) is 30.1 Å².